The van der Waals surface area contributed by atoms with Crippen molar-refractivity contribution in [1.29, 1.82) is 0 Å². The summed E-state index contributed by atoms with van der Waals surface area (Å²) in [5.74, 6) is -0.168. The van der Waals surface area contributed by atoms with E-state index in [9.17, 15) is 4.79 Å². The smallest absolute Gasteiger partial charge is 0.335 e. The van der Waals surface area contributed by atoms with Crippen molar-refractivity contribution in [3.05, 3.63) is 29.3 Å². The molecule has 0 aliphatic heterocycles. The third-order valence-electron chi connectivity index (χ3n) is 1.72. The zero-order chi connectivity index (χ0) is 9.84. The van der Waals surface area contributed by atoms with Crippen LogP contribution in [0.2, 0.25) is 0 Å². The van der Waals surface area contributed by atoms with Gasteiger partial charge in [0.1, 0.15) is 5.75 Å². The third-order valence-corrected chi connectivity index (χ3v) is 1.72. The van der Waals surface area contributed by atoms with Gasteiger partial charge in [-0.25, -0.2) is 4.79 Å². The molecule has 1 rings (SSSR count). The van der Waals surface area contributed by atoms with Crippen LogP contribution in [0.5, 0.6) is 5.75 Å². The molecule has 0 aromatic heterocycles. The molecule has 0 unspecified atom stereocenters. The highest BCUT2D eigenvalue weighted by molar-refractivity contribution is 5.88. The lowest BCUT2D eigenvalue weighted by Gasteiger charge is -2.06. The van der Waals surface area contributed by atoms with Crippen LogP contribution < -0.4 is 4.74 Å². The lowest BCUT2D eigenvalue weighted by atomic mass is 10.1. The molecular weight excluding hydrogens is 168 g/mol. The number of carboxylic acid groups (broad SMARTS) is 1. The molecular formula is C10H12O3. The van der Waals surface area contributed by atoms with Gasteiger partial charge in [-0.2, -0.15) is 0 Å². The first-order valence-corrected chi connectivity index (χ1v) is 4.12. The Morgan fingerprint density at radius 1 is 1.54 bits per heavy atom. The predicted octanol–water partition coefficient (Wildman–Crippen LogP) is 2.09. The summed E-state index contributed by atoms with van der Waals surface area (Å²) in [4.78, 5) is 10.6. The molecule has 70 valence electrons. The Bertz CT molecular complexity index is 318. The van der Waals surface area contributed by atoms with Gasteiger partial charge in [-0.15, -0.1) is 0 Å². The van der Waals surface area contributed by atoms with E-state index in [0.29, 0.717) is 12.2 Å². The van der Waals surface area contributed by atoms with Gasteiger partial charge in [-0.05, 0) is 37.6 Å². The lowest BCUT2D eigenvalue weighted by Crippen LogP contribution is -1.99. The van der Waals surface area contributed by atoms with Gasteiger partial charge in [0.05, 0.1) is 12.2 Å². The molecule has 0 spiro atoms. The number of rotatable bonds is 3. The van der Waals surface area contributed by atoms with Crippen molar-refractivity contribution in [3.63, 3.8) is 0 Å². The molecule has 1 N–H and O–H groups in total. The predicted molar refractivity (Wildman–Crippen MR) is 49.3 cm³/mol. The van der Waals surface area contributed by atoms with Gasteiger partial charge in [0, 0.05) is 0 Å². The molecule has 0 heterocycles. The lowest BCUT2D eigenvalue weighted by molar-refractivity contribution is 0.0696. The summed E-state index contributed by atoms with van der Waals surface area (Å²) >= 11 is 0. The van der Waals surface area contributed by atoms with Crippen LogP contribution in [0.25, 0.3) is 0 Å². The summed E-state index contributed by atoms with van der Waals surface area (Å²) in [6.45, 7) is 4.31. The largest absolute Gasteiger partial charge is 0.494 e. The second-order valence-electron chi connectivity index (χ2n) is 2.72. The van der Waals surface area contributed by atoms with E-state index >= 15 is 0 Å². The van der Waals surface area contributed by atoms with Crippen molar-refractivity contribution in [2.45, 2.75) is 13.8 Å². The first-order chi connectivity index (χ1) is 6.15. The van der Waals surface area contributed by atoms with E-state index in [1.165, 1.54) is 0 Å². The fourth-order valence-electron chi connectivity index (χ4n) is 1.10. The molecule has 3 nitrogen and oxygen atoms in total. The van der Waals surface area contributed by atoms with E-state index in [1.807, 2.05) is 13.8 Å². The first-order valence-electron chi connectivity index (χ1n) is 4.12. The second-order valence-corrected chi connectivity index (χ2v) is 2.72. The number of hydrogen-bond acceptors (Lipinski definition) is 2. The molecule has 3 heteroatoms. The third kappa shape index (κ3) is 2.21. The minimum absolute atomic E-state index is 0.293. The van der Waals surface area contributed by atoms with Crippen molar-refractivity contribution >= 4 is 5.97 Å². The van der Waals surface area contributed by atoms with Gasteiger partial charge in [-0.1, -0.05) is 0 Å². The van der Waals surface area contributed by atoms with Gasteiger partial charge in [0.15, 0.2) is 0 Å². The van der Waals surface area contributed by atoms with Crippen molar-refractivity contribution in [2.75, 3.05) is 6.61 Å². The summed E-state index contributed by atoms with van der Waals surface area (Å²) in [6, 6.07) is 4.83. The highest BCUT2D eigenvalue weighted by Crippen LogP contribution is 2.18. The molecule has 1 aromatic rings. The van der Waals surface area contributed by atoms with Crippen LogP contribution in [0.3, 0.4) is 0 Å². The Morgan fingerprint density at radius 2 is 2.23 bits per heavy atom. The SMILES string of the molecule is CCOc1ccc(C(=O)O)cc1C. The fraction of sp³-hybridized carbons (Fsp3) is 0.300. The van der Waals surface area contributed by atoms with Gasteiger partial charge < -0.3 is 9.84 Å². The highest BCUT2D eigenvalue weighted by Gasteiger charge is 2.05. The first kappa shape index (κ1) is 9.58. The van der Waals surface area contributed by atoms with Crippen LogP contribution in [-0.2, 0) is 0 Å². The second kappa shape index (κ2) is 3.94. The maximum atomic E-state index is 10.6. The van der Waals surface area contributed by atoms with E-state index in [0.717, 1.165) is 11.3 Å². The molecule has 0 saturated heterocycles. The molecule has 0 radical (unpaired) electrons. The van der Waals surface area contributed by atoms with Crippen LogP contribution >= 0.6 is 0 Å². The number of aryl methyl sites for hydroxylation is 1. The van der Waals surface area contributed by atoms with E-state index in [4.69, 9.17) is 9.84 Å². The van der Waals surface area contributed by atoms with E-state index in [-0.39, 0.29) is 0 Å². The van der Waals surface area contributed by atoms with Gasteiger partial charge >= 0.3 is 5.97 Å². The maximum absolute atomic E-state index is 10.6. The Morgan fingerprint density at radius 3 is 2.69 bits per heavy atom. The summed E-state index contributed by atoms with van der Waals surface area (Å²) in [7, 11) is 0. The van der Waals surface area contributed by atoms with Gasteiger partial charge in [0.25, 0.3) is 0 Å². The normalized spacial score (nSPS) is 9.69. The summed E-state index contributed by atoms with van der Waals surface area (Å²) in [5.41, 5.74) is 1.14. The van der Waals surface area contributed by atoms with Crippen molar-refractivity contribution in [1.82, 2.24) is 0 Å². The number of ether oxygens (including phenoxy) is 1. The molecule has 0 amide bonds. The monoisotopic (exact) mass is 180 g/mol. The molecule has 0 saturated carbocycles. The maximum Gasteiger partial charge on any atom is 0.335 e. The average molecular weight is 180 g/mol. The van der Waals surface area contributed by atoms with Crippen molar-refractivity contribution < 1.29 is 14.6 Å². The van der Waals surface area contributed by atoms with Crippen LogP contribution in [0.15, 0.2) is 18.2 Å². The molecule has 1 aromatic carbocycles. The van der Waals surface area contributed by atoms with Crippen LogP contribution in [0.1, 0.15) is 22.8 Å². The quantitative estimate of drug-likeness (QED) is 0.774. The Kier molecular flexibility index (Phi) is 2.90. The minimum Gasteiger partial charge on any atom is -0.494 e. The van der Waals surface area contributed by atoms with Crippen LogP contribution in [0.4, 0.5) is 0 Å². The Hall–Kier alpha value is -1.51. The van der Waals surface area contributed by atoms with Crippen LogP contribution in [-0.4, -0.2) is 17.7 Å². The van der Waals surface area contributed by atoms with Crippen molar-refractivity contribution in [3.8, 4) is 5.75 Å². The van der Waals surface area contributed by atoms with E-state index < -0.39 is 5.97 Å². The van der Waals surface area contributed by atoms with Crippen LogP contribution in [0, 0.1) is 6.92 Å². The van der Waals surface area contributed by atoms with Gasteiger partial charge in [-0.3, -0.25) is 0 Å². The molecule has 0 bridgehead atoms. The van der Waals surface area contributed by atoms with Crippen molar-refractivity contribution in [2.24, 2.45) is 0 Å². The average Bonchev–Trinajstić information content (AvgIpc) is 2.08. The number of benzene rings is 1. The molecule has 13 heavy (non-hydrogen) atoms. The highest BCUT2D eigenvalue weighted by atomic mass is 16.5. The molecule has 0 atom stereocenters. The standard InChI is InChI=1S/C10H12O3/c1-3-13-9-5-4-8(10(11)12)6-7(9)2/h4-6H,3H2,1-2H3,(H,11,12). The summed E-state index contributed by atoms with van der Waals surface area (Å²) < 4.78 is 5.28. The summed E-state index contributed by atoms with van der Waals surface area (Å²) in [5, 5.41) is 8.69. The number of carboxylic acids is 1. The van der Waals surface area contributed by atoms with E-state index in [1.54, 1.807) is 18.2 Å². The van der Waals surface area contributed by atoms with E-state index in [2.05, 4.69) is 0 Å². The molecule has 0 fully saturated rings. The minimum atomic E-state index is -0.911. The number of aromatic carboxylic acids is 1. The Labute approximate surface area is 77.0 Å². The Balaban J connectivity index is 2.98. The number of hydrogen-bond donors (Lipinski definition) is 1. The zero-order valence-corrected chi connectivity index (χ0v) is 7.70. The van der Waals surface area contributed by atoms with Gasteiger partial charge in [0.2, 0.25) is 0 Å². The summed E-state index contributed by atoms with van der Waals surface area (Å²) in [6.07, 6.45) is 0. The topological polar surface area (TPSA) is 46.5 Å². The number of carbonyl (C=O) groups is 1. The molecule has 0 aliphatic rings. The zero-order valence-electron chi connectivity index (χ0n) is 7.70. The molecule has 0 aliphatic carbocycles. The fourth-order valence-corrected chi connectivity index (χ4v) is 1.10.